The van der Waals surface area contributed by atoms with E-state index in [-0.39, 0.29) is 11.3 Å². The number of hydrogen-bond donors (Lipinski definition) is 1. The van der Waals surface area contributed by atoms with E-state index in [1.165, 1.54) is 6.07 Å². The topological polar surface area (TPSA) is 56.9 Å². The molecule has 0 atom stereocenters. The molecular formula is C13H9BrN2O. The van der Waals surface area contributed by atoms with Gasteiger partial charge in [0.25, 0.3) is 0 Å². The average Bonchev–Trinajstić information content (AvgIpc) is 2.29. The molecule has 0 unspecified atom stereocenters. The van der Waals surface area contributed by atoms with Crippen LogP contribution in [0.5, 0.6) is 5.75 Å². The molecule has 1 N–H and O–H groups in total. The van der Waals surface area contributed by atoms with E-state index in [4.69, 9.17) is 5.26 Å². The van der Waals surface area contributed by atoms with Crippen LogP contribution >= 0.6 is 15.9 Å². The lowest BCUT2D eigenvalue weighted by molar-refractivity contribution is 0.472. The van der Waals surface area contributed by atoms with E-state index < -0.39 is 0 Å². The molecule has 3 nitrogen and oxygen atoms in total. The number of rotatable bonds is 1. The van der Waals surface area contributed by atoms with Crippen LogP contribution in [0, 0.1) is 18.3 Å². The second kappa shape index (κ2) is 4.56. The third kappa shape index (κ3) is 2.29. The number of nitriles is 1. The van der Waals surface area contributed by atoms with Crippen molar-refractivity contribution in [1.29, 1.82) is 5.26 Å². The Hall–Kier alpha value is -1.86. The molecule has 0 aliphatic carbocycles. The summed E-state index contributed by atoms with van der Waals surface area (Å²) in [4.78, 5) is 4.31. The molecule has 2 rings (SSSR count). The van der Waals surface area contributed by atoms with Gasteiger partial charge in [-0.3, -0.25) is 4.98 Å². The van der Waals surface area contributed by atoms with Gasteiger partial charge in [-0.25, -0.2) is 0 Å². The summed E-state index contributed by atoms with van der Waals surface area (Å²) < 4.78 is 0.955. The van der Waals surface area contributed by atoms with Crippen molar-refractivity contribution in [3.05, 3.63) is 46.1 Å². The SMILES string of the molecule is Cc1cc(O)c(C#N)c(-c2ccc(Br)cc2)n1. The minimum absolute atomic E-state index is 0.0297. The summed E-state index contributed by atoms with van der Waals surface area (Å²) >= 11 is 3.35. The molecule has 0 amide bonds. The molecule has 84 valence electrons. The van der Waals surface area contributed by atoms with Crippen molar-refractivity contribution >= 4 is 15.9 Å². The zero-order chi connectivity index (χ0) is 12.4. The highest BCUT2D eigenvalue weighted by Gasteiger charge is 2.12. The summed E-state index contributed by atoms with van der Waals surface area (Å²) in [5.74, 6) is -0.0297. The molecule has 1 heterocycles. The summed E-state index contributed by atoms with van der Waals surface area (Å²) in [5, 5.41) is 18.8. The predicted molar refractivity (Wildman–Crippen MR) is 68.5 cm³/mol. The van der Waals surface area contributed by atoms with Crippen LogP contribution in [0.3, 0.4) is 0 Å². The standard InChI is InChI=1S/C13H9BrN2O/c1-8-6-12(17)11(7-15)13(16-8)9-2-4-10(14)5-3-9/h2-6H,1H3,(H,16,17). The summed E-state index contributed by atoms with van der Waals surface area (Å²) in [5.41, 5.74) is 2.21. The zero-order valence-electron chi connectivity index (χ0n) is 9.11. The van der Waals surface area contributed by atoms with Gasteiger partial charge in [0.1, 0.15) is 17.4 Å². The molecule has 0 saturated heterocycles. The molecule has 17 heavy (non-hydrogen) atoms. The lowest BCUT2D eigenvalue weighted by Crippen LogP contribution is -1.92. The van der Waals surface area contributed by atoms with Crippen LogP contribution in [-0.4, -0.2) is 10.1 Å². The molecule has 0 bridgehead atoms. The fourth-order valence-electron chi connectivity index (χ4n) is 1.58. The Morgan fingerprint density at radius 1 is 1.29 bits per heavy atom. The van der Waals surface area contributed by atoms with Crippen LogP contribution in [0.1, 0.15) is 11.3 Å². The Kier molecular flexibility index (Phi) is 3.12. The number of aromatic hydroxyl groups is 1. The quantitative estimate of drug-likeness (QED) is 0.875. The zero-order valence-corrected chi connectivity index (χ0v) is 10.7. The number of benzene rings is 1. The maximum atomic E-state index is 9.72. The normalized spacial score (nSPS) is 9.94. The highest BCUT2D eigenvalue weighted by atomic mass is 79.9. The van der Waals surface area contributed by atoms with E-state index >= 15 is 0 Å². The first-order valence-electron chi connectivity index (χ1n) is 4.98. The van der Waals surface area contributed by atoms with Crippen LogP contribution in [0.4, 0.5) is 0 Å². The van der Waals surface area contributed by atoms with Gasteiger partial charge >= 0.3 is 0 Å². The first-order chi connectivity index (χ1) is 8.11. The van der Waals surface area contributed by atoms with Crippen molar-refractivity contribution in [1.82, 2.24) is 4.98 Å². The van der Waals surface area contributed by atoms with Gasteiger partial charge in [-0.15, -0.1) is 0 Å². The fourth-order valence-corrected chi connectivity index (χ4v) is 1.85. The smallest absolute Gasteiger partial charge is 0.137 e. The lowest BCUT2D eigenvalue weighted by atomic mass is 10.1. The van der Waals surface area contributed by atoms with Gasteiger partial charge in [-0.2, -0.15) is 5.26 Å². The molecular weight excluding hydrogens is 280 g/mol. The second-order valence-corrected chi connectivity index (χ2v) is 4.54. The van der Waals surface area contributed by atoms with Crippen molar-refractivity contribution in [3.63, 3.8) is 0 Å². The van der Waals surface area contributed by atoms with E-state index in [2.05, 4.69) is 20.9 Å². The Morgan fingerprint density at radius 2 is 1.94 bits per heavy atom. The summed E-state index contributed by atoms with van der Waals surface area (Å²) in [6.07, 6.45) is 0. The Balaban J connectivity index is 2.66. The van der Waals surface area contributed by atoms with E-state index in [0.29, 0.717) is 11.4 Å². The number of halogens is 1. The Morgan fingerprint density at radius 3 is 2.53 bits per heavy atom. The predicted octanol–water partition coefficient (Wildman–Crippen LogP) is 3.40. The van der Waals surface area contributed by atoms with Gasteiger partial charge in [0.2, 0.25) is 0 Å². The molecule has 4 heteroatoms. The average molecular weight is 289 g/mol. The minimum atomic E-state index is -0.0297. The number of aryl methyl sites for hydroxylation is 1. The van der Waals surface area contributed by atoms with Crippen LogP contribution in [-0.2, 0) is 0 Å². The fraction of sp³-hybridized carbons (Fsp3) is 0.0769. The molecule has 0 aliphatic rings. The Labute approximate surface area is 107 Å². The highest BCUT2D eigenvalue weighted by Crippen LogP contribution is 2.29. The van der Waals surface area contributed by atoms with E-state index in [9.17, 15) is 5.11 Å². The third-order valence-corrected chi connectivity index (χ3v) is 2.88. The first-order valence-corrected chi connectivity index (χ1v) is 5.78. The van der Waals surface area contributed by atoms with Crippen molar-refractivity contribution < 1.29 is 5.11 Å². The van der Waals surface area contributed by atoms with Gasteiger partial charge in [-0.05, 0) is 19.1 Å². The van der Waals surface area contributed by atoms with E-state index in [1.807, 2.05) is 30.3 Å². The van der Waals surface area contributed by atoms with Gasteiger partial charge in [0.15, 0.2) is 0 Å². The van der Waals surface area contributed by atoms with E-state index in [1.54, 1.807) is 6.92 Å². The summed E-state index contributed by atoms with van der Waals surface area (Å²) in [7, 11) is 0. The number of hydrogen-bond acceptors (Lipinski definition) is 3. The summed E-state index contributed by atoms with van der Waals surface area (Å²) in [6, 6.07) is 10.9. The molecule has 1 aromatic heterocycles. The Bertz CT molecular complexity index is 600. The van der Waals surface area contributed by atoms with Gasteiger partial charge in [0.05, 0.1) is 5.69 Å². The van der Waals surface area contributed by atoms with Crippen LogP contribution in [0.25, 0.3) is 11.3 Å². The maximum Gasteiger partial charge on any atom is 0.137 e. The van der Waals surface area contributed by atoms with Crippen LogP contribution in [0.15, 0.2) is 34.8 Å². The number of pyridine rings is 1. The lowest BCUT2D eigenvalue weighted by Gasteiger charge is -2.06. The number of aromatic nitrogens is 1. The van der Waals surface area contributed by atoms with Gasteiger partial charge < -0.3 is 5.11 Å². The van der Waals surface area contributed by atoms with Crippen molar-refractivity contribution in [2.75, 3.05) is 0 Å². The maximum absolute atomic E-state index is 9.72. The number of nitrogens with zero attached hydrogens (tertiary/aromatic N) is 2. The van der Waals surface area contributed by atoms with Crippen LogP contribution < -0.4 is 0 Å². The van der Waals surface area contributed by atoms with Crippen LogP contribution in [0.2, 0.25) is 0 Å². The molecule has 0 aliphatic heterocycles. The second-order valence-electron chi connectivity index (χ2n) is 3.63. The van der Waals surface area contributed by atoms with Gasteiger partial charge in [-0.1, -0.05) is 28.1 Å². The molecule has 0 saturated carbocycles. The highest BCUT2D eigenvalue weighted by molar-refractivity contribution is 9.10. The third-order valence-electron chi connectivity index (χ3n) is 2.36. The minimum Gasteiger partial charge on any atom is -0.506 e. The van der Waals surface area contributed by atoms with Crippen molar-refractivity contribution in [3.8, 4) is 23.1 Å². The first kappa shape index (κ1) is 11.6. The molecule has 0 spiro atoms. The monoisotopic (exact) mass is 288 g/mol. The van der Waals surface area contributed by atoms with Crippen molar-refractivity contribution in [2.24, 2.45) is 0 Å². The van der Waals surface area contributed by atoms with Gasteiger partial charge in [0, 0.05) is 21.8 Å². The van der Waals surface area contributed by atoms with Crippen molar-refractivity contribution in [2.45, 2.75) is 6.92 Å². The molecule has 0 radical (unpaired) electrons. The van der Waals surface area contributed by atoms with E-state index in [0.717, 1.165) is 10.0 Å². The largest absolute Gasteiger partial charge is 0.506 e. The molecule has 1 aromatic carbocycles. The summed E-state index contributed by atoms with van der Waals surface area (Å²) in [6.45, 7) is 1.78. The molecule has 2 aromatic rings. The molecule has 0 fully saturated rings.